The van der Waals surface area contributed by atoms with Crippen molar-refractivity contribution in [1.29, 1.82) is 0 Å². The predicted molar refractivity (Wildman–Crippen MR) is 81.2 cm³/mol. The molecule has 0 aromatic heterocycles. The normalized spacial score (nSPS) is 11.8. The van der Waals surface area contributed by atoms with Gasteiger partial charge in [-0.25, -0.2) is 0 Å². The Bertz CT molecular complexity index is 359. The molecule has 0 atom stereocenters. The molecule has 1 aliphatic rings. The van der Waals surface area contributed by atoms with Gasteiger partial charge in [-0.1, -0.05) is 47.1 Å². The highest BCUT2D eigenvalue weighted by Crippen LogP contribution is 2.36. The molecule has 2 nitrogen and oxygen atoms in total. The number of rotatable bonds is 2. The van der Waals surface area contributed by atoms with Gasteiger partial charge in [0.2, 0.25) is 0 Å². The van der Waals surface area contributed by atoms with E-state index in [0.717, 1.165) is 31.2 Å². The molecule has 1 aromatic rings. The first-order chi connectivity index (χ1) is 8.74. The Labute approximate surface area is 112 Å². The zero-order valence-electron chi connectivity index (χ0n) is 12.6. The van der Waals surface area contributed by atoms with E-state index in [1.165, 1.54) is 17.5 Å². The Morgan fingerprint density at radius 2 is 1.78 bits per heavy atom. The molecule has 0 fully saturated rings. The number of anilines is 1. The van der Waals surface area contributed by atoms with Crippen molar-refractivity contribution in [3.05, 3.63) is 22.8 Å². The molecule has 0 radical (unpaired) electrons. The largest absolute Gasteiger partial charge is 0.505 e. The number of benzene rings is 1. The molecule has 0 saturated heterocycles. The van der Waals surface area contributed by atoms with Gasteiger partial charge in [0, 0.05) is 0 Å². The van der Waals surface area contributed by atoms with Gasteiger partial charge in [-0.15, -0.1) is 0 Å². The summed E-state index contributed by atoms with van der Waals surface area (Å²) >= 11 is 0. The van der Waals surface area contributed by atoms with E-state index in [9.17, 15) is 5.11 Å². The lowest BCUT2D eigenvalue weighted by molar-refractivity contribution is 0.469. The van der Waals surface area contributed by atoms with E-state index in [2.05, 4.69) is 13.0 Å². The van der Waals surface area contributed by atoms with Crippen LogP contribution in [0.4, 0.5) is 5.69 Å². The van der Waals surface area contributed by atoms with Gasteiger partial charge < -0.3 is 10.8 Å². The molecule has 2 rings (SSSR count). The SMILES string of the molecule is CC.CC.CCCc1cc2c(c(N)c1O)CCC2. The van der Waals surface area contributed by atoms with Crippen LogP contribution in [-0.2, 0) is 19.3 Å². The molecule has 0 amide bonds. The number of hydrogen-bond acceptors (Lipinski definition) is 2. The van der Waals surface area contributed by atoms with Gasteiger partial charge >= 0.3 is 0 Å². The molecule has 1 aromatic carbocycles. The summed E-state index contributed by atoms with van der Waals surface area (Å²) in [6, 6.07) is 2.14. The topological polar surface area (TPSA) is 46.2 Å². The highest BCUT2D eigenvalue weighted by atomic mass is 16.3. The standard InChI is InChI=1S/C12H17NO.2C2H6/c1-2-4-9-7-8-5-3-6-10(8)11(13)12(9)14;2*1-2/h7,14H,2-6,13H2,1H3;2*1-2H3. The van der Waals surface area contributed by atoms with Gasteiger partial charge in [0.1, 0.15) is 5.75 Å². The summed E-state index contributed by atoms with van der Waals surface area (Å²) < 4.78 is 0. The fourth-order valence-corrected chi connectivity index (χ4v) is 2.29. The van der Waals surface area contributed by atoms with Crippen LogP contribution in [-0.4, -0.2) is 5.11 Å². The Morgan fingerprint density at radius 1 is 1.17 bits per heavy atom. The lowest BCUT2D eigenvalue weighted by Crippen LogP contribution is -1.98. The van der Waals surface area contributed by atoms with Gasteiger partial charge in [0.25, 0.3) is 0 Å². The maximum absolute atomic E-state index is 9.87. The van der Waals surface area contributed by atoms with Crippen LogP contribution in [0.5, 0.6) is 5.75 Å². The molecule has 1 aliphatic carbocycles. The van der Waals surface area contributed by atoms with E-state index in [1.54, 1.807) is 0 Å². The monoisotopic (exact) mass is 251 g/mol. The number of phenolic OH excluding ortho intramolecular Hbond substituents is 1. The van der Waals surface area contributed by atoms with Crippen LogP contribution in [0.2, 0.25) is 0 Å². The maximum Gasteiger partial charge on any atom is 0.141 e. The zero-order valence-corrected chi connectivity index (χ0v) is 12.6. The van der Waals surface area contributed by atoms with Crippen molar-refractivity contribution in [3.63, 3.8) is 0 Å². The summed E-state index contributed by atoms with van der Waals surface area (Å²) in [6.45, 7) is 10.1. The minimum Gasteiger partial charge on any atom is -0.505 e. The summed E-state index contributed by atoms with van der Waals surface area (Å²) in [5.41, 5.74) is 10.1. The second kappa shape index (κ2) is 8.84. The minimum absolute atomic E-state index is 0.326. The third-order valence-corrected chi connectivity index (χ3v) is 3.01. The van der Waals surface area contributed by atoms with E-state index >= 15 is 0 Å². The number of phenols is 1. The van der Waals surface area contributed by atoms with Crippen LogP contribution in [0.3, 0.4) is 0 Å². The Balaban J connectivity index is 0.000000659. The average Bonchev–Trinajstić information content (AvgIpc) is 2.89. The number of nitrogens with two attached hydrogens (primary N) is 1. The van der Waals surface area contributed by atoms with Crippen LogP contribution in [0, 0.1) is 0 Å². The van der Waals surface area contributed by atoms with Gasteiger partial charge in [0.05, 0.1) is 5.69 Å². The Morgan fingerprint density at radius 3 is 2.33 bits per heavy atom. The molecule has 0 saturated carbocycles. The van der Waals surface area contributed by atoms with Crippen LogP contribution in [0.1, 0.15) is 64.2 Å². The molecule has 2 heteroatoms. The molecule has 0 bridgehead atoms. The van der Waals surface area contributed by atoms with Gasteiger partial charge in [-0.2, -0.15) is 0 Å². The maximum atomic E-state index is 9.87. The van der Waals surface area contributed by atoms with Gasteiger partial charge in [-0.05, 0) is 42.4 Å². The van der Waals surface area contributed by atoms with Crippen molar-refractivity contribution in [2.45, 2.75) is 66.7 Å². The van der Waals surface area contributed by atoms with Crippen LogP contribution < -0.4 is 5.73 Å². The van der Waals surface area contributed by atoms with E-state index in [1.807, 2.05) is 27.7 Å². The molecule has 18 heavy (non-hydrogen) atoms. The molecular weight excluding hydrogens is 222 g/mol. The molecule has 0 aliphatic heterocycles. The van der Waals surface area contributed by atoms with Crippen LogP contribution >= 0.6 is 0 Å². The number of hydrogen-bond donors (Lipinski definition) is 2. The Kier molecular flexibility index (Phi) is 8.27. The third-order valence-electron chi connectivity index (χ3n) is 3.01. The minimum atomic E-state index is 0.326. The smallest absolute Gasteiger partial charge is 0.141 e. The van der Waals surface area contributed by atoms with Gasteiger partial charge in [-0.3, -0.25) is 0 Å². The van der Waals surface area contributed by atoms with Crippen molar-refractivity contribution >= 4 is 5.69 Å². The first kappa shape index (κ1) is 16.8. The number of aromatic hydroxyl groups is 1. The van der Waals surface area contributed by atoms with E-state index < -0.39 is 0 Å². The molecule has 0 spiro atoms. The molecule has 104 valence electrons. The zero-order chi connectivity index (χ0) is 14.1. The van der Waals surface area contributed by atoms with Crippen molar-refractivity contribution < 1.29 is 5.11 Å². The highest BCUT2D eigenvalue weighted by molar-refractivity contribution is 5.65. The number of fused-ring (bicyclic) bond motifs is 1. The summed E-state index contributed by atoms with van der Waals surface area (Å²) in [6.07, 6.45) is 5.29. The quantitative estimate of drug-likeness (QED) is 0.602. The molecule has 3 N–H and O–H groups in total. The van der Waals surface area contributed by atoms with Crippen LogP contribution in [0.25, 0.3) is 0 Å². The number of nitrogen functional groups attached to an aromatic ring is 1. The van der Waals surface area contributed by atoms with E-state index in [0.29, 0.717) is 11.4 Å². The fraction of sp³-hybridized carbons (Fsp3) is 0.625. The van der Waals surface area contributed by atoms with Crippen LogP contribution in [0.15, 0.2) is 6.07 Å². The first-order valence-corrected chi connectivity index (χ1v) is 7.36. The van der Waals surface area contributed by atoms with Crippen molar-refractivity contribution in [3.8, 4) is 5.75 Å². The third kappa shape index (κ3) is 3.66. The average molecular weight is 251 g/mol. The van der Waals surface area contributed by atoms with Crippen molar-refractivity contribution in [2.75, 3.05) is 5.73 Å². The first-order valence-electron chi connectivity index (χ1n) is 7.36. The second-order valence-electron chi connectivity index (χ2n) is 4.04. The summed E-state index contributed by atoms with van der Waals surface area (Å²) in [7, 11) is 0. The lowest BCUT2D eigenvalue weighted by atomic mass is 10.00. The number of aryl methyl sites for hydroxylation is 2. The summed E-state index contributed by atoms with van der Waals surface area (Å²) in [4.78, 5) is 0. The fourth-order valence-electron chi connectivity index (χ4n) is 2.29. The molecular formula is C16H29NO. The van der Waals surface area contributed by atoms with Crippen molar-refractivity contribution in [1.82, 2.24) is 0 Å². The molecule has 0 unspecified atom stereocenters. The van der Waals surface area contributed by atoms with E-state index in [4.69, 9.17) is 5.73 Å². The summed E-state index contributed by atoms with van der Waals surface area (Å²) in [5, 5.41) is 9.87. The summed E-state index contributed by atoms with van der Waals surface area (Å²) in [5.74, 6) is 0.326. The predicted octanol–water partition coefficient (Wildman–Crippen LogP) is 4.47. The lowest BCUT2D eigenvalue weighted by Gasteiger charge is -2.11. The molecule has 0 heterocycles. The second-order valence-corrected chi connectivity index (χ2v) is 4.04. The van der Waals surface area contributed by atoms with E-state index in [-0.39, 0.29) is 0 Å². The van der Waals surface area contributed by atoms with Crippen molar-refractivity contribution in [2.24, 2.45) is 0 Å². The van der Waals surface area contributed by atoms with Gasteiger partial charge in [0.15, 0.2) is 0 Å². The highest BCUT2D eigenvalue weighted by Gasteiger charge is 2.18. The Hall–Kier alpha value is -1.18.